The first-order valence-corrected chi connectivity index (χ1v) is 12.0. The van der Waals surface area contributed by atoms with Gasteiger partial charge in [0.1, 0.15) is 10.6 Å². The van der Waals surface area contributed by atoms with Crippen molar-refractivity contribution in [2.75, 3.05) is 19.0 Å². The molecular weight excluding hydrogens is 446 g/mol. The summed E-state index contributed by atoms with van der Waals surface area (Å²) in [5.74, 6) is -1.15. The van der Waals surface area contributed by atoms with Gasteiger partial charge in [-0.25, -0.2) is 4.79 Å². The molecule has 0 saturated carbocycles. The lowest BCUT2D eigenvalue weighted by molar-refractivity contribution is -0.134. The molecule has 2 aromatic carbocycles. The van der Waals surface area contributed by atoms with E-state index in [-0.39, 0.29) is 11.0 Å². The average Bonchev–Trinajstić information content (AvgIpc) is 3.24. The van der Waals surface area contributed by atoms with E-state index in [1.807, 2.05) is 0 Å². The molecule has 3 aromatic rings. The summed E-state index contributed by atoms with van der Waals surface area (Å²) in [6, 6.07) is 16.5. The Labute approximate surface area is 201 Å². The molecule has 3 aliphatic rings. The van der Waals surface area contributed by atoms with Crippen LogP contribution in [0.4, 0.5) is 21.2 Å². The van der Waals surface area contributed by atoms with Crippen LogP contribution in [-0.4, -0.2) is 41.7 Å². The summed E-state index contributed by atoms with van der Waals surface area (Å²) in [6.45, 7) is 4.54. The zero-order valence-corrected chi connectivity index (χ0v) is 20.2. The van der Waals surface area contributed by atoms with Crippen molar-refractivity contribution in [1.82, 2.24) is 9.80 Å². The zero-order chi connectivity index (χ0) is 23.9. The standard InChI is InChI=1S/C27H23N3O3S/c1-27(2)19-9-5-6-11-21(19)30-22-15(8-7-10-20(22)27)12-16-13-17(34-25(16)30)14-18-23(31)28(3)26(33)29(4)24(18)32/h5-11,13-14H,12H2,1-4H3. The fourth-order valence-electron chi connectivity index (χ4n) is 5.33. The van der Waals surface area contributed by atoms with E-state index in [2.05, 4.69) is 67.3 Å². The minimum atomic E-state index is -0.617. The number of barbiturate groups is 1. The number of imide groups is 2. The third kappa shape index (κ3) is 2.64. The third-order valence-corrected chi connectivity index (χ3v) is 8.26. The van der Waals surface area contributed by atoms with Gasteiger partial charge in [-0.1, -0.05) is 50.2 Å². The maximum atomic E-state index is 12.7. The molecule has 4 amide bonds. The predicted octanol–water partition coefficient (Wildman–Crippen LogP) is 5.20. The Kier molecular flexibility index (Phi) is 4.23. The van der Waals surface area contributed by atoms with Crippen molar-refractivity contribution in [3.63, 3.8) is 0 Å². The normalized spacial score (nSPS) is 18.1. The number of amides is 4. The van der Waals surface area contributed by atoms with Crippen LogP contribution in [-0.2, 0) is 21.4 Å². The van der Waals surface area contributed by atoms with Gasteiger partial charge < -0.3 is 4.90 Å². The van der Waals surface area contributed by atoms with Crippen LogP contribution < -0.4 is 4.90 Å². The topological polar surface area (TPSA) is 60.9 Å². The van der Waals surface area contributed by atoms with Gasteiger partial charge in [0.15, 0.2) is 0 Å². The van der Waals surface area contributed by atoms with E-state index in [9.17, 15) is 14.4 Å². The van der Waals surface area contributed by atoms with Gasteiger partial charge in [-0.15, -0.1) is 11.3 Å². The van der Waals surface area contributed by atoms with E-state index < -0.39 is 17.8 Å². The second-order valence-corrected chi connectivity index (χ2v) is 10.6. The van der Waals surface area contributed by atoms with Gasteiger partial charge in [0.25, 0.3) is 11.8 Å². The van der Waals surface area contributed by atoms with E-state index in [0.717, 1.165) is 37.3 Å². The van der Waals surface area contributed by atoms with Crippen molar-refractivity contribution in [3.05, 3.63) is 81.2 Å². The Bertz CT molecular complexity index is 1440. The van der Waals surface area contributed by atoms with Crippen molar-refractivity contribution < 1.29 is 14.4 Å². The van der Waals surface area contributed by atoms with Crippen LogP contribution >= 0.6 is 11.3 Å². The number of urea groups is 1. The number of carbonyl (C=O) groups is 3. The van der Waals surface area contributed by atoms with Crippen LogP contribution in [0.3, 0.4) is 0 Å². The highest BCUT2D eigenvalue weighted by Gasteiger charge is 2.41. The molecule has 0 unspecified atom stereocenters. The molecule has 170 valence electrons. The van der Waals surface area contributed by atoms with Crippen LogP contribution in [0.15, 0.2) is 54.1 Å². The number of carbonyl (C=O) groups excluding carboxylic acids is 3. The molecule has 1 fully saturated rings. The molecule has 1 aromatic heterocycles. The monoisotopic (exact) mass is 469 g/mol. The molecule has 0 bridgehead atoms. The number of rotatable bonds is 1. The highest BCUT2D eigenvalue weighted by Crippen LogP contribution is 2.57. The number of hydrogen-bond donors (Lipinski definition) is 0. The van der Waals surface area contributed by atoms with Crippen molar-refractivity contribution in [3.8, 4) is 0 Å². The van der Waals surface area contributed by atoms with E-state index in [1.165, 1.54) is 36.5 Å². The average molecular weight is 470 g/mol. The molecule has 0 atom stereocenters. The third-order valence-electron chi connectivity index (χ3n) is 7.16. The Morgan fingerprint density at radius 1 is 0.882 bits per heavy atom. The summed E-state index contributed by atoms with van der Waals surface area (Å²) in [5.41, 5.74) is 7.24. The quantitative estimate of drug-likeness (QED) is 0.284. The Balaban J connectivity index is 1.52. The lowest BCUT2D eigenvalue weighted by atomic mass is 9.72. The summed E-state index contributed by atoms with van der Waals surface area (Å²) in [5, 5.41) is 1.10. The van der Waals surface area contributed by atoms with E-state index in [0.29, 0.717) is 0 Å². The van der Waals surface area contributed by atoms with Gasteiger partial charge in [0.05, 0.1) is 11.4 Å². The van der Waals surface area contributed by atoms with Gasteiger partial charge in [-0.3, -0.25) is 19.4 Å². The van der Waals surface area contributed by atoms with Crippen molar-refractivity contribution in [2.24, 2.45) is 0 Å². The summed E-state index contributed by atoms with van der Waals surface area (Å²) >= 11 is 1.56. The van der Waals surface area contributed by atoms with E-state index in [1.54, 1.807) is 17.4 Å². The molecule has 0 radical (unpaired) electrons. The van der Waals surface area contributed by atoms with Crippen molar-refractivity contribution >= 4 is 51.6 Å². The molecule has 7 heteroatoms. The Morgan fingerprint density at radius 3 is 2.29 bits per heavy atom. The smallest absolute Gasteiger partial charge is 0.301 e. The molecular formula is C27H23N3O3S. The van der Waals surface area contributed by atoms with Gasteiger partial charge >= 0.3 is 6.03 Å². The van der Waals surface area contributed by atoms with Crippen LogP contribution in [0.5, 0.6) is 0 Å². The first kappa shape index (κ1) is 20.9. The molecule has 3 aliphatic heterocycles. The van der Waals surface area contributed by atoms with Gasteiger partial charge in [-0.05, 0) is 40.5 Å². The molecule has 6 rings (SSSR count). The number of fused-ring (bicyclic) bond motifs is 4. The van der Waals surface area contributed by atoms with Crippen LogP contribution in [0, 0.1) is 0 Å². The summed E-state index contributed by atoms with van der Waals surface area (Å²) in [6.07, 6.45) is 2.41. The summed E-state index contributed by atoms with van der Waals surface area (Å²) < 4.78 is 0. The number of likely N-dealkylation sites (N-methyl/N-ethyl adjacent to an activating group) is 2. The SMILES string of the molecule is CN1C(=O)C(=Cc2cc3c(s2)N2c4ccccc4C(C)(C)c4cccc(c42)C3)C(=O)N(C)C1=O. The molecule has 0 spiro atoms. The number of anilines is 3. The molecule has 6 nitrogen and oxygen atoms in total. The zero-order valence-electron chi connectivity index (χ0n) is 19.4. The second-order valence-electron chi connectivity index (χ2n) is 9.52. The van der Waals surface area contributed by atoms with E-state index in [4.69, 9.17) is 0 Å². The van der Waals surface area contributed by atoms with E-state index >= 15 is 0 Å². The maximum absolute atomic E-state index is 12.7. The number of nitrogens with zero attached hydrogens (tertiary/aromatic N) is 3. The van der Waals surface area contributed by atoms with Crippen LogP contribution in [0.2, 0.25) is 0 Å². The number of benzene rings is 2. The predicted molar refractivity (Wildman–Crippen MR) is 133 cm³/mol. The Morgan fingerprint density at radius 2 is 1.56 bits per heavy atom. The minimum Gasteiger partial charge on any atom is -0.301 e. The summed E-state index contributed by atoms with van der Waals surface area (Å²) in [7, 11) is 2.79. The molecule has 0 N–H and O–H groups in total. The number of thiophene rings is 1. The fraction of sp³-hybridized carbons (Fsp3) is 0.222. The molecule has 34 heavy (non-hydrogen) atoms. The summed E-state index contributed by atoms with van der Waals surface area (Å²) in [4.78, 5) is 42.6. The second kappa shape index (κ2) is 6.90. The first-order chi connectivity index (χ1) is 16.2. The van der Waals surface area contributed by atoms with Gasteiger partial charge in [0, 0.05) is 30.8 Å². The maximum Gasteiger partial charge on any atom is 0.333 e. The molecule has 0 aliphatic carbocycles. The largest absolute Gasteiger partial charge is 0.333 e. The van der Waals surface area contributed by atoms with Gasteiger partial charge in [0.2, 0.25) is 0 Å². The van der Waals surface area contributed by atoms with Crippen molar-refractivity contribution in [2.45, 2.75) is 25.7 Å². The van der Waals surface area contributed by atoms with Crippen molar-refractivity contribution in [1.29, 1.82) is 0 Å². The lowest BCUT2D eigenvalue weighted by Crippen LogP contribution is -2.52. The molecule has 4 heterocycles. The number of hydrogen-bond acceptors (Lipinski definition) is 5. The van der Waals surface area contributed by atoms with Crippen LogP contribution in [0.25, 0.3) is 6.08 Å². The lowest BCUT2D eigenvalue weighted by Gasteiger charge is -2.44. The minimum absolute atomic E-state index is 0.00146. The fourth-order valence-corrected chi connectivity index (χ4v) is 6.47. The van der Waals surface area contributed by atoms with Crippen LogP contribution in [0.1, 0.15) is 41.0 Å². The van der Waals surface area contributed by atoms with Gasteiger partial charge in [-0.2, -0.15) is 0 Å². The highest BCUT2D eigenvalue weighted by molar-refractivity contribution is 7.17. The highest BCUT2D eigenvalue weighted by atomic mass is 32.1. The number of para-hydroxylation sites is 2. The Hall–Kier alpha value is -3.71. The first-order valence-electron chi connectivity index (χ1n) is 11.2. The molecule has 1 saturated heterocycles.